The molecule has 4 aromatic rings. The van der Waals surface area contributed by atoms with Gasteiger partial charge in [-0.2, -0.15) is 9.61 Å². The third-order valence-corrected chi connectivity index (χ3v) is 4.14. The first-order chi connectivity index (χ1) is 12.1. The van der Waals surface area contributed by atoms with E-state index in [1.807, 2.05) is 48.3 Å². The molecule has 0 saturated heterocycles. The molecule has 1 aromatic carbocycles. The smallest absolute Gasteiger partial charge is 0.200 e. The Hall–Kier alpha value is -3.41. The molecular formula is C19H16N4O2. The number of rotatable bonds is 4. The Morgan fingerprint density at radius 2 is 2.08 bits per heavy atom. The molecule has 0 aliphatic heterocycles. The number of anilines is 2. The van der Waals surface area contributed by atoms with Gasteiger partial charge in [0.2, 0.25) is 5.88 Å². The van der Waals surface area contributed by atoms with Gasteiger partial charge >= 0.3 is 0 Å². The number of hydrogen-bond donors (Lipinski definition) is 0. The second-order valence-corrected chi connectivity index (χ2v) is 5.74. The second kappa shape index (κ2) is 5.90. The lowest BCUT2D eigenvalue weighted by molar-refractivity contribution is 0.101. The van der Waals surface area contributed by atoms with Crippen molar-refractivity contribution in [3.05, 3.63) is 66.7 Å². The molecule has 0 unspecified atom stereocenters. The summed E-state index contributed by atoms with van der Waals surface area (Å²) in [4.78, 5) is 18.0. The summed E-state index contributed by atoms with van der Waals surface area (Å²) in [5.74, 6) is 1.57. The SMILES string of the molecule is CC(=O)c1cccc(-c2cnn3c(N(C)c4ccco4)ccnc23)c1. The molecule has 0 spiro atoms. The standard InChI is InChI=1S/C19H16N4O2/c1-13(24)14-5-3-6-15(11-14)16-12-21-23-17(8-9-20-19(16)23)22(2)18-7-4-10-25-18/h3-12H,1-2H3. The molecule has 3 heterocycles. The van der Waals surface area contributed by atoms with Gasteiger partial charge in [0.1, 0.15) is 5.82 Å². The van der Waals surface area contributed by atoms with Crippen LogP contribution in [0.25, 0.3) is 16.8 Å². The minimum absolute atomic E-state index is 0.0320. The van der Waals surface area contributed by atoms with Crippen LogP contribution in [0.15, 0.2) is 65.5 Å². The third-order valence-electron chi connectivity index (χ3n) is 4.14. The van der Waals surface area contributed by atoms with Crippen LogP contribution in [0.2, 0.25) is 0 Å². The van der Waals surface area contributed by atoms with Crippen molar-refractivity contribution >= 4 is 23.1 Å². The summed E-state index contributed by atoms with van der Waals surface area (Å²) < 4.78 is 7.22. The quantitative estimate of drug-likeness (QED) is 0.529. The average Bonchev–Trinajstić information content (AvgIpc) is 3.30. The maximum atomic E-state index is 11.7. The van der Waals surface area contributed by atoms with E-state index in [0.29, 0.717) is 11.4 Å². The number of benzene rings is 1. The Labute approximate surface area is 144 Å². The zero-order valence-electron chi connectivity index (χ0n) is 13.9. The van der Waals surface area contributed by atoms with Crippen LogP contribution < -0.4 is 4.90 Å². The van der Waals surface area contributed by atoms with E-state index < -0.39 is 0 Å². The van der Waals surface area contributed by atoms with Gasteiger partial charge in [-0.1, -0.05) is 18.2 Å². The lowest BCUT2D eigenvalue weighted by Crippen LogP contribution is -2.13. The van der Waals surface area contributed by atoms with Crippen molar-refractivity contribution in [1.82, 2.24) is 14.6 Å². The number of furan rings is 1. The van der Waals surface area contributed by atoms with E-state index in [0.717, 1.165) is 22.6 Å². The molecule has 4 rings (SSSR count). The Morgan fingerprint density at radius 1 is 1.20 bits per heavy atom. The van der Waals surface area contributed by atoms with Gasteiger partial charge in [-0.15, -0.1) is 0 Å². The fourth-order valence-electron chi connectivity index (χ4n) is 2.82. The Morgan fingerprint density at radius 3 is 2.84 bits per heavy atom. The van der Waals surface area contributed by atoms with Crippen molar-refractivity contribution in [3.63, 3.8) is 0 Å². The maximum absolute atomic E-state index is 11.7. The average molecular weight is 332 g/mol. The van der Waals surface area contributed by atoms with Gasteiger partial charge in [0, 0.05) is 30.4 Å². The monoisotopic (exact) mass is 332 g/mol. The third kappa shape index (κ3) is 2.57. The van der Waals surface area contributed by atoms with Gasteiger partial charge in [0.25, 0.3) is 0 Å². The van der Waals surface area contributed by atoms with Crippen molar-refractivity contribution in [3.8, 4) is 11.1 Å². The fourth-order valence-corrected chi connectivity index (χ4v) is 2.82. The predicted molar refractivity (Wildman–Crippen MR) is 95.2 cm³/mol. The van der Waals surface area contributed by atoms with Crippen LogP contribution in [-0.4, -0.2) is 27.4 Å². The van der Waals surface area contributed by atoms with Crippen molar-refractivity contribution in [2.75, 3.05) is 11.9 Å². The van der Waals surface area contributed by atoms with Crippen LogP contribution in [-0.2, 0) is 0 Å². The van der Waals surface area contributed by atoms with Crippen LogP contribution in [0.4, 0.5) is 11.7 Å². The van der Waals surface area contributed by atoms with Crippen molar-refractivity contribution in [2.24, 2.45) is 0 Å². The van der Waals surface area contributed by atoms with Crippen LogP contribution in [0.5, 0.6) is 0 Å². The molecule has 0 radical (unpaired) electrons. The maximum Gasteiger partial charge on any atom is 0.200 e. The Bertz CT molecular complexity index is 1050. The van der Waals surface area contributed by atoms with E-state index in [1.165, 1.54) is 0 Å². The molecule has 0 bridgehead atoms. The summed E-state index contributed by atoms with van der Waals surface area (Å²) in [6, 6.07) is 13.1. The van der Waals surface area contributed by atoms with E-state index in [1.54, 1.807) is 36.2 Å². The summed E-state index contributed by atoms with van der Waals surface area (Å²) >= 11 is 0. The van der Waals surface area contributed by atoms with Crippen molar-refractivity contribution in [1.29, 1.82) is 0 Å². The molecule has 25 heavy (non-hydrogen) atoms. The first-order valence-corrected chi connectivity index (χ1v) is 7.86. The van der Waals surface area contributed by atoms with Crippen LogP contribution in [0.3, 0.4) is 0 Å². The molecule has 124 valence electrons. The van der Waals surface area contributed by atoms with Crippen molar-refractivity contribution in [2.45, 2.75) is 6.92 Å². The molecule has 0 aliphatic carbocycles. The van der Waals surface area contributed by atoms with Gasteiger partial charge in [-0.05, 0) is 30.7 Å². The predicted octanol–water partition coefficient (Wildman–Crippen LogP) is 3.96. The summed E-state index contributed by atoms with van der Waals surface area (Å²) in [5, 5.41) is 4.49. The van der Waals surface area contributed by atoms with Gasteiger partial charge < -0.3 is 4.42 Å². The number of carbonyl (C=O) groups is 1. The lowest BCUT2D eigenvalue weighted by Gasteiger charge is -2.16. The molecule has 0 aliphatic rings. The highest BCUT2D eigenvalue weighted by Crippen LogP contribution is 2.29. The normalized spacial score (nSPS) is 11.0. The fraction of sp³-hybridized carbons (Fsp3) is 0.105. The van der Waals surface area contributed by atoms with E-state index in [4.69, 9.17) is 4.42 Å². The van der Waals surface area contributed by atoms with E-state index >= 15 is 0 Å². The van der Waals surface area contributed by atoms with Gasteiger partial charge in [-0.25, -0.2) is 4.98 Å². The van der Waals surface area contributed by atoms with Crippen LogP contribution in [0.1, 0.15) is 17.3 Å². The summed E-state index contributed by atoms with van der Waals surface area (Å²) in [6.07, 6.45) is 5.14. The van der Waals surface area contributed by atoms with Crippen LogP contribution >= 0.6 is 0 Å². The molecule has 6 nitrogen and oxygen atoms in total. The topological polar surface area (TPSA) is 63.6 Å². The number of ketones is 1. The van der Waals surface area contributed by atoms with E-state index in [2.05, 4.69) is 10.1 Å². The number of hydrogen-bond acceptors (Lipinski definition) is 5. The molecule has 0 fully saturated rings. The van der Waals surface area contributed by atoms with Gasteiger partial charge in [-0.3, -0.25) is 9.69 Å². The Kier molecular flexibility index (Phi) is 3.57. The first-order valence-electron chi connectivity index (χ1n) is 7.86. The molecule has 0 amide bonds. The minimum atomic E-state index is 0.0320. The highest BCUT2D eigenvalue weighted by Gasteiger charge is 2.15. The molecule has 0 saturated carbocycles. The van der Waals surface area contributed by atoms with E-state index in [-0.39, 0.29) is 5.78 Å². The van der Waals surface area contributed by atoms with Crippen molar-refractivity contribution < 1.29 is 9.21 Å². The Balaban J connectivity index is 1.85. The summed E-state index contributed by atoms with van der Waals surface area (Å²) in [5.41, 5.74) is 3.17. The molecule has 0 N–H and O–H groups in total. The summed E-state index contributed by atoms with van der Waals surface area (Å²) in [6.45, 7) is 1.56. The highest BCUT2D eigenvalue weighted by molar-refractivity contribution is 5.95. The molecule has 6 heteroatoms. The molecular weight excluding hydrogens is 316 g/mol. The zero-order valence-corrected chi connectivity index (χ0v) is 13.9. The van der Waals surface area contributed by atoms with E-state index in [9.17, 15) is 4.79 Å². The summed E-state index contributed by atoms with van der Waals surface area (Å²) in [7, 11) is 1.91. The first kappa shape index (κ1) is 15.1. The molecule has 3 aromatic heterocycles. The number of fused-ring (bicyclic) bond motifs is 1. The highest BCUT2D eigenvalue weighted by atomic mass is 16.3. The number of aromatic nitrogens is 3. The van der Waals surface area contributed by atoms with Crippen LogP contribution in [0, 0.1) is 0 Å². The largest absolute Gasteiger partial charge is 0.448 e. The lowest BCUT2D eigenvalue weighted by atomic mass is 10.0. The number of Topliss-reactive ketones (excluding diaryl/α,β-unsaturated/α-hetero) is 1. The van der Waals surface area contributed by atoms with Gasteiger partial charge in [0.05, 0.1) is 12.5 Å². The second-order valence-electron chi connectivity index (χ2n) is 5.74. The zero-order chi connectivity index (χ0) is 17.4. The number of nitrogens with zero attached hydrogens (tertiary/aromatic N) is 4. The minimum Gasteiger partial charge on any atom is -0.448 e. The molecule has 0 atom stereocenters. The van der Waals surface area contributed by atoms with Gasteiger partial charge in [0.15, 0.2) is 11.4 Å². The number of carbonyl (C=O) groups excluding carboxylic acids is 1.